The normalized spacial score (nSPS) is 21.4. The van der Waals surface area contributed by atoms with Crippen LogP contribution in [0.3, 0.4) is 0 Å². The van der Waals surface area contributed by atoms with E-state index in [2.05, 4.69) is 4.74 Å². The third kappa shape index (κ3) is 7.99. The van der Waals surface area contributed by atoms with Gasteiger partial charge in [0, 0.05) is 12.5 Å². The van der Waals surface area contributed by atoms with Crippen molar-refractivity contribution >= 4 is 16.2 Å². The van der Waals surface area contributed by atoms with Crippen LogP contribution in [0.15, 0.2) is 18.2 Å². The molecule has 11 heteroatoms. The van der Waals surface area contributed by atoms with Crippen LogP contribution in [-0.4, -0.2) is 63.7 Å². The number of benzene rings is 1. The quantitative estimate of drug-likeness (QED) is 0.479. The molecule has 1 aliphatic heterocycles. The highest BCUT2D eigenvalue weighted by Crippen LogP contribution is 2.39. The van der Waals surface area contributed by atoms with E-state index in [4.69, 9.17) is 13.7 Å². The molecule has 2 aliphatic rings. The van der Waals surface area contributed by atoms with Crippen LogP contribution in [0.4, 0.5) is 13.6 Å². The lowest BCUT2D eigenvalue weighted by Gasteiger charge is -2.28. The molecule has 186 valence electrons. The SMILES string of the molecule is CC(C)(C)OC(=O)N1C[C@@H](c2ccc(OC(F)F)c(OCC3CC3)c2)C[C@H]1COS(C)(=O)=O. The van der Waals surface area contributed by atoms with E-state index in [-0.39, 0.29) is 30.6 Å². The molecule has 1 saturated carbocycles. The summed E-state index contributed by atoms with van der Waals surface area (Å²) in [5.41, 5.74) is 0.0352. The summed E-state index contributed by atoms with van der Waals surface area (Å²) in [6, 6.07) is 4.20. The summed E-state index contributed by atoms with van der Waals surface area (Å²) in [6.45, 7) is 2.72. The van der Waals surface area contributed by atoms with Gasteiger partial charge in [0.1, 0.15) is 5.60 Å². The second-order valence-electron chi connectivity index (χ2n) is 9.55. The Balaban J connectivity index is 1.81. The van der Waals surface area contributed by atoms with Crippen molar-refractivity contribution in [3.63, 3.8) is 0 Å². The number of carbonyl (C=O) groups excluding carboxylic acids is 1. The zero-order valence-electron chi connectivity index (χ0n) is 19.3. The fourth-order valence-electron chi connectivity index (χ4n) is 3.64. The van der Waals surface area contributed by atoms with E-state index in [9.17, 15) is 22.0 Å². The van der Waals surface area contributed by atoms with Gasteiger partial charge in [-0.1, -0.05) is 6.07 Å². The number of halogens is 2. The smallest absolute Gasteiger partial charge is 0.410 e. The van der Waals surface area contributed by atoms with Gasteiger partial charge in [-0.25, -0.2) is 4.79 Å². The molecule has 2 fully saturated rings. The molecule has 33 heavy (non-hydrogen) atoms. The molecule has 1 aromatic carbocycles. The van der Waals surface area contributed by atoms with Gasteiger partial charge in [-0.3, -0.25) is 4.18 Å². The number of hydrogen-bond donors (Lipinski definition) is 0. The third-order valence-corrected chi connectivity index (χ3v) is 5.91. The first kappa shape index (κ1) is 25.5. The van der Waals surface area contributed by atoms with Crippen LogP contribution in [0.25, 0.3) is 0 Å². The number of ether oxygens (including phenoxy) is 3. The van der Waals surface area contributed by atoms with Crippen LogP contribution >= 0.6 is 0 Å². The van der Waals surface area contributed by atoms with Crippen molar-refractivity contribution in [3.05, 3.63) is 23.8 Å². The van der Waals surface area contributed by atoms with Crippen molar-refractivity contribution in [1.82, 2.24) is 4.90 Å². The Bertz CT molecular complexity index is 945. The van der Waals surface area contributed by atoms with Gasteiger partial charge in [0.2, 0.25) is 0 Å². The van der Waals surface area contributed by atoms with Crippen molar-refractivity contribution in [3.8, 4) is 11.5 Å². The van der Waals surface area contributed by atoms with E-state index < -0.39 is 34.5 Å². The van der Waals surface area contributed by atoms with Crippen LogP contribution in [0.5, 0.6) is 11.5 Å². The lowest BCUT2D eigenvalue weighted by atomic mass is 9.96. The summed E-state index contributed by atoms with van der Waals surface area (Å²) < 4.78 is 69.4. The van der Waals surface area contributed by atoms with Gasteiger partial charge in [0.15, 0.2) is 11.5 Å². The van der Waals surface area contributed by atoms with Crippen LogP contribution in [-0.2, 0) is 19.0 Å². The standard InChI is InChI=1S/C22H31F2NO7S/c1-22(2,3)32-21(26)25-11-16(9-17(25)13-30-33(4,27)28)15-7-8-18(31-20(23)24)19(10-15)29-12-14-5-6-14/h7-8,10,14,16-17,20H,5-6,9,11-13H2,1-4H3/t16-,17-/m0/s1. The number of hydrogen-bond acceptors (Lipinski definition) is 7. The van der Waals surface area contributed by atoms with Gasteiger partial charge in [-0.2, -0.15) is 17.2 Å². The molecular formula is C22H31F2NO7S. The number of carbonyl (C=O) groups is 1. The highest BCUT2D eigenvalue weighted by molar-refractivity contribution is 7.85. The molecule has 0 unspecified atom stereocenters. The zero-order chi connectivity index (χ0) is 24.4. The predicted octanol–water partition coefficient (Wildman–Crippen LogP) is 4.15. The molecule has 1 amide bonds. The second-order valence-corrected chi connectivity index (χ2v) is 11.2. The first-order valence-corrected chi connectivity index (χ1v) is 12.7. The zero-order valence-corrected chi connectivity index (χ0v) is 20.1. The van der Waals surface area contributed by atoms with Crippen LogP contribution in [0, 0.1) is 5.92 Å². The van der Waals surface area contributed by atoms with Crippen LogP contribution in [0.1, 0.15) is 51.5 Å². The van der Waals surface area contributed by atoms with E-state index in [0.29, 0.717) is 18.9 Å². The maximum absolute atomic E-state index is 12.8. The van der Waals surface area contributed by atoms with Gasteiger partial charge in [0.25, 0.3) is 10.1 Å². The monoisotopic (exact) mass is 491 g/mol. The molecule has 2 atom stereocenters. The first-order valence-electron chi connectivity index (χ1n) is 10.9. The largest absolute Gasteiger partial charge is 0.489 e. The first-order chi connectivity index (χ1) is 15.3. The summed E-state index contributed by atoms with van der Waals surface area (Å²) in [4.78, 5) is 14.2. The number of amides is 1. The van der Waals surface area contributed by atoms with E-state index in [1.54, 1.807) is 32.9 Å². The van der Waals surface area contributed by atoms with E-state index in [0.717, 1.165) is 24.7 Å². The fraction of sp³-hybridized carbons (Fsp3) is 0.682. The highest BCUT2D eigenvalue weighted by atomic mass is 32.2. The Labute approximate surface area is 193 Å². The minimum Gasteiger partial charge on any atom is -0.489 e. The summed E-state index contributed by atoms with van der Waals surface area (Å²) in [7, 11) is -3.70. The molecule has 3 rings (SSSR count). The summed E-state index contributed by atoms with van der Waals surface area (Å²) >= 11 is 0. The predicted molar refractivity (Wildman–Crippen MR) is 116 cm³/mol. The average molecular weight is 492 g/mol. The maximum Gasteiger partial charge on any atom is 0.410 e. The summed E-state index contributed by atoms with van der Waals surface area (Å²) in [5, 5.41) is 0. The van der Waals surface area contributed by atoms with Crippen molar-refractivity contribution < 1.29 is 40.4 Å². The minimum absolute atomic E-state index is 0.0478. The molecule has 1 aromatic rings. The van der Waals surface area contributed by atoms with Gasteiger partial charge in [-0.15, -0.1) is 0 Å². The topological polar surface area (TPSA) is 91.4 Å². The van der Waals surface area contributed by atoms with Crippen LogP contribution in [0.2, 0.25) is 0 Å². The number of nitrogens with zero attached hydrogens (tertiary/aromatic N) is 1. The summed E-state index contributed by atoms with van der Waals surface area (Å²) in [6.07, 6.45) is 2.87. The number of alkyl halides is 2. The summed E-state index contributed by atoms with van der Waals surface area (Å²) in [5.74, 6) is 0.391. The molecule has 8 nitrogen and oxygen atoms in total. The maximum atomic E-state index is 12.8. The van der Waals surface area contributed by atoms with Gasteiger partial charge < -0.3 is 19.1 Å². The van der Waals surface area contributed by atoms with Crippen molar-refractivity contribution in [1.29, 1.82) is 0 Å². The molecule has 1 heterocycles. The minimum atomic E-state index is -3.70. The molecule has 1 aliphatic carbocycles. The molecular weight excluding hydrogens is 460 g/mol. The van der Waals surface area contributed by atoms with Gasteiger partial charge >= 0.3 is 12.7 Å². The fourth-order valence-corrected chi connectivity index (χ4v) is 4.04. The Morgan fingerprint density at radius 2 is 1.88 bits per heavy atom. The highest BCUT2D eigenvalue weighted by Gasteiger charge is 2.39. The average Bonchev–Trinajstić information content (AvgIpc) is 3.40. The molecule has 0 spiro atoms. The molecule has 0 N–H and O–H groups in total. The van der Waals surface area contributed by atoms with Crippen molar-refractivity contribution in [2.75, 3.05) is 26.0 Å². The Kier molecular flexibility index (Phi) is 7.73. The third-order valence-electron chi connectivity index (χ3n) is 5.34. The van der Waals surface area contributed by atoms with Crippen molar-refractivity contribution in [2.24, 2.45) is 5.92 Å². The lowest BCUT2D eigenvalue weighted by Crippen LogP contribution is -2.42. The van der Waals surface area contributed by atoms with E-state index >= 15 is 0 Å². The van der Waals surface area contributed by atoms with Crippen molar-refractivity contribution in [2.45, 2.75) is 64.2 Å². The van der Waals surface area contributed by atoms with E-state index in [1.165, 1.54) is 11.0 Å². The number of likely N-dealkylation sites (tertiary alicyclic amines) is 1. The van der Waals surface area contributed by atoms with Gasteiger partial charge in [-0.05, 0) is 63.6 Å². The number of rotatable bonds is 9. The second kappa shape index (κ2) is 10.0. The molecule has 1 saturated heterocycles. The Morgan fingerprint density at radius 3 is 2.45 bits per heavy atom. The molecule has 0 bridgehead atoms. The van der Waals surface area contributed by atoms with Gasteiger partial charge in [0.05, 0.1) is 25.5 Å². The molecule has 0 radical (unpaired) electrons. The molecule has 0 aromatic heterocycles. The van der Waals surface area contributed by atoms with Crippen LogP contribution < -0.4 is 9.47 Å². The Hall–Kier alpha value is -2.14. The van der Waals surface area contributed by atoms with E-state index in [1.807, 2.05) is 0 Å². The lowest BCUT2D eigenvalue weighted by molar-refractivity contribution is -0.0515. The Morgan fingerprint density at radius 1 is 1.18 bits per heavy atom.